The number of hydrogen-bond acceptors (Lipinski definition) is 5. The summed E-state index contributed by atoms with van der Waals surface area (Å²) in [7, 11) is 0. The number of para-hydroxylation sites is 1. The lowest BCUT2D eigenvalue weighted by molar-refractivity contribution is -0.131. The first-order valence-electron chi connectivity index (χ1n) is 10.2. The van der Waals surface area contributed by atoms with Crippen molar-refractivity contribution in [2.75, 3.05) is 13.2 Å². The van der Waals surface area contributed by atoms with E-state index in [9.17, 15) is 19.2 Å². The van der Waals surface area contributed by atoms with Crippen LogP contribution < -0.4 is 20.9 Å². The number of hydrogen-bond donors (Lipinski definition) is 3. The molecule has 1 aliphatic carbocycles. The van der Waals surface area contributed by atoms with Gasteiger partial charge < -0.3 is 10.1 Å². The third-order valence-electron chi connectivity index (χ3n) is 5.59. The van der Waals surface area contributed by atoms with Crippen LogP contribution in [0.25, 0.3) is 0 Å². The summed E-state index contributed by atoms with van der Waals surface area (Å²) >= 11 is 0. The lowest BCUT2D eigenvalue weighted by Crippen LogP contribution is -2.44. The van der Waals surface area contributed by atoms with Gasteiger partial charge in [0.1, 0.15) is 11.3 Å². The van der Waals surface area contributed by atoms with Crippen molar-refractivity contribution in [1.29, 1.82) is 0 Å². The Morgan fingerprint density at radius 3 is 2.40 bits per heavy atom. The zero-order valence-corrected chi connectivity index (χ0v) is 17.4. The molecule has 3 N–H and O–H groups in total. The lowest BCUT2D eigenvalue weighted by Gasteiger charge is -2.19. The molecule has 5 amide bonds. The smallest absolute Gasteiger partial charge is 0.325 e. The zero-order chi connectivity index (χ0) is 21.7. The quantitative estimate of drug-likeness (QED) is 0.460. The second kappa shape index (κ2) is 9.15. The third kappa shape index (κ3) is 4.72. The molecule has 1 aromatic rings. The van der Waals surface area contributed by atoms with Crippen LogP contribution in [0.3, 0.4) is 0 Å². The SMILES string of the molecule is Cc1cccc(C)c1OCC(=O)NNC(=O)CCCN1C(=O)NC2(CCCC2)C1=O. The van der Waals surface area contributed by atoms with Gasteiger partial charge in [-0.2, -0.15) is 0 Å². The molecule has 9 nitrogen and oxygen atoms in total. The van der Waals surface area contributed by atoms with Crippen LogP contribution >= 0.6 is 0 Å². The number of hydrazine groups is 1. The van der Waals surface area contributed by atoms with Gasteiger partial charge in [0.2, 0.25) is 5.91 Å². The molecular weight excluding hydrogens is 388 g/mol. The van der Waals surface area contributed by atoms with Gasteiger partial charge in [-0.25, -0.2) is 4.79 Å². The molecule has 0 unspecified atom stereocenters. The fraction of sp³-hybridized carbons (Fsp3) is 0.524. The van der Waals surface area contributed by atoms with E-state index in [-0.39, 0.29) is 31.5 Å². The summed E-state index contributed by atoms with van der Waals surface area (Å²) in [6.07, 6.45) is 3.58. The van der Waals surface area contributed by atoms with Crippen molar-refractivity contribution in [3.8, 4) is 5.75 Å². The highest BCUT2D eigenvalue weighted by Crippen LogP contribution is 2.35. The maximum Gasteiger partial charge on any atom is 0.325 e. The summed E-state index contributed by atoms with van der Waals surface area (Å²) < 4.78 is 5.53. The minimum absolute atomic E-state index is 0.0715. The van der Waals surface area contributed by atoms with Gasteiger partial charge in [0.25, 0.3) is 11.8 Å². The summed E-state index contributed by atoms with van der Waals surface area (Å²) in [5, 5.41) is 2.81. The molecule has 1 aromatic carbocycles. The Morgan fingerprint density at radius 1 is 1.10 bits per heavy atom. The molecule has 0 atom stereocenters. The highest BCUT2D eigenvalue weighted by atomic mass is 16.5. The third-order valence-corrected chi connectivity index (χ3v) is 5.59. The Morgan fingerprint density at radius 2 is 1.73 bits per heavy atom. The van der Waals surface area contributed by atoms with E-state index in [4.69, 9.17) is 4.74 Å². The monoisotopic (exact) mass is 416 g/mol. The maximum absolute atomic E-state index is 12.5. The number of ether oxygens (including phenoxy) is 1. The fourth-order valence-corrected chi connectivity index (χ4v) is 4.00. The van der Waals surface area contributed by atoms with Crippen LogP contribution in [-0.2, 0) is 14.4 Å². The number of rotatable bonds is 7. The van der Waals surface area contributed by atoms with Crippen molar-refractivity contribution in [2.24, 2.45) is 0 Å². The second-order valence-corrected chi connectivity index (χ2v) is 7.89. The number of nitrogens with zero attached hydrogens (tertiary/aromatic N) is 1. The molecule has 162 valence electrons. The Labute approximate surface area is 175 Å². The topological polar surface area (TPSA) is 117 Å². The van der Waals surface area contributed by atoms with Gasteiger partial charge in [-0.3, -0.25) is 30.1 Å². The molecule has 9 heteroatoms. The first-order chi connectivity index (χ1) is 14.3. The average molecular weight is 416 g/mol. The molecular formula is C21H28N4O5. The molecule has 2 aliphatic rings. The Balaban J connectivity index is 1.35. The predicted molar refractivity (Wildman–Crippen MR) is 108 cm³/mol. The average Bonchev–Trinajstić information content (AvgIpc) is 3.26. The molecule has 0 radical (unpaired) electrons. The molecule has 1 spiro atoms. The zero-order valence-electron chi connectivity index (χ0n) is 17.4. The van der Waals surface area contributed by atoms with Crippen LogP contribution in [0.15, 0.2) is 18.2 Å². The number of aryl methyl sites for hydroxylation is 2. The summed E-state index contributed by atoms with van der Waals surface area (Å²) in [6, 6.07) is 5.30. The highest BCUT2D eigenvalue weighted by molar-refractivity contribution is 6.07. The van der Waals surface area contributed by atoms with E-state index >= 15 is 0 Å². The molecule has 1 saturated carbocycles. The molecule has 1 heterocycles. The number of carbonyl (C=O) groups excluding carboxylic acids is 4. The van der Waals surface area contributed by atoms with Crippen LogP contribution in [0.5, 0.6) is 5.75 Å². The summed E-state index contributed by atoms with van der Waals surface area (Å²) in [4.78, 5) is 49.7. The Kier molecular flexibility index (Phi) is 6.59. The molecule has 30 heavy (non-hydrogen) atoms. The van der Waals surface area contributed by atoms with E-state index in [0.29, 0.717) is 25.0 Å². The van der Waals surface area contributed by atoms with Gasteiger partial charge in [0.15, 0.2) is 6.61 Å². The molecule has 1 aliphatic heterocycles. The Hall–Kier alpha value is -3.10. The normalized spacial score (nSPS) is 17.2. The standard InChI is InChI=1S/C21H28N4O5/c1-14-7-5-8-15(2)18(14)30-13-17(27)24-23-16(26)9-6-12-25-19(28)21(22-20(25)29)10-3-4-11-21/h5,7-8H,3-4,6,9-13H2,1-2H3,(H,22,29)(H,23,26)(H,24,27). The summed E-state index contributed by atoms with van der Waals surface area (Å²) in [6.45, 7) is 3.73. The van der Waals surface area contributed by atoms with Crippen molar-refractivity contribution in [1.82, 2.24) is 21.1 Å². The van der Waals surface area contributed by atoms with Crippen molar-refractivity contribution in [3.05, 3.63) is 29.3 Å². The van der Waals surface area contributed by atoms with Gasteiger partial charge in [0.05, 0.1) is 0 Å². The number of carbonyl (C=O) groups is 4. The minimum atomic E-state index is -0.733. The van der Waals surface area contributed by atoms with Crippen LogP contribution in [0.4, 0.5) is 4.79 Å². The van der Waals surface area contributed by atoms with E-state index in [0.717, 1.165) is 24.0 Å². The van der Waals surface area contributed by atoms with E-state index in [1.165, 1.54) is 4.90 Å². The van der Waals surface area contributed by atoms with Crippen molar-refractivity contribution < 1.29 is 23.9 Å². The van der Waals surface area contributed by atoms with Crippen LogP contribution in [0, 0.1) is 13.8 Å². The van der Waals surface area contributed by atoms with Gasteiger partial charge in [-0.05, 0) is 44.2 Å². The van der Waals surface area contributed by atoms with Gasteiger partial charge >= 0.3 is 6.03 Å². The predicted octanol–water partition coefficient (Wildman–Crippen LogP) is 1.47. The second-order valence-electron chi connectivity index (χ2n) is 7.89. The molecule has 2 fully saturated rings. The number of nitrogens with one attached hydrogen (secondary N) is 3. The van der Waals surface area contributed by atoms with Crippen molar-refractivity contribution >= 4 is 23.8 Å². The maximum atomic E-state index is 12.5. The summed E-state index contributed by atoms with van der Waals surface area (Å²) in [5.41, 5.74) is 5.74. The van der Waals surface area contributed by atoms with E-state index in [2.05, 4.69) is 16.2 Å². The van der Waals surface area contributed by atoms with Crippen molar-refractivity contribution in [2.45, 2.75) is 57.9 Å². The minimum Gasteiger partial charge on any atom is -0.483 e. The van der Waals surface area contributed by atoms with Gasteiger partial charge in [-0.15, -0.1) is 0 Å². The van der Waals surface area contributed by atoms with E-state index < -0.39 is 17.4 Å². The Bertz CT molecular complexity index is 828. The number of amides is 5. The first-order valence-corrected chi connectivity index (χ1v) is 10.2. The first kappa shape index (κ1) is 21.6. The highest BCUT2D eigenvalue weighted by Gasteiger charge is 2.52. The van der Waals surface area contributed by atoms with Crippen LogP contribution in [0.2, 0.25) is 0 Å². The van der Waals surface area contributed by atoms with Gasteiger partial charge in [-0.1, -0.05) is 31.0 Å². The molecule has 0 bridgehead atoms. The molecule has 3 rings (SSSR count). The summed E-state index contributed by atoms with van der Waals surface area (Å²) in [5.74, 6) is -0.434. The fourth-order valence-electron chi connectivity index (χ4n) is 4.00. The van der Waals surface area contributed by atoms with Gasteiger partial charge in [0, 0.05) is 13.0 Å². The van der Waals surface area contributed by atoms with E-state index in [1.807, 2.05) is 32.0 Å². The molecule has 1 saturated heterocycles. The number of benzene rings is 1. The van der Waals surface area contributed by atoms with Crippen LogP contribution in [0.1, 0.15) is 49.7 Å². The number of imide groups is 1. The van der Waals surface area contributed by atoms with Crippen LogP contribution in [-0.4, -0.2) is 47.3 Å². The van der Waals surface area contributed by atoms with Crippen molar-refractivity contribution in [3.63, 3.8) is 0 Å². The molecule has 0 aromatic heterocycles. The lowest BCUT2D eigenvalue weighted by atomic mass is 9.98. The largest absolute Gasteiger partial charge is 0.483 e. The number of urea groups is 1. The van der Waals surface area contributed by atoms with E-state index in [1.54, 1.807) is 0 Å².